The van der Waals surface area contributed by atoms with Gasteiger partial charge >= 0.3 is 0 Å². The summed E-state index contributed by atoms with van der Waals surface area (Å²) in [5.74, 6) is 0.378. The van der Waals surface area contributed by atoms with E-state index in [4.69, 9.17) is 11.6 Å². The zero-order valence-corrected chi connectivity index (χ0v) is 23.9. The van der Waals surface area contributed by atoms with Gasteiger partial charge in [0.25, 0.3) is 0 Å². The first kappa shape index (κ1) is 29.8. The molecule has 0 spiro atoms. The van der Waals surface area contributed by atoms with E-state index in [2.05, 4.69) is 106 Å². The smallest absolute Gasteiger partial charge is 0.118 e. The lowest BCUT2D eigenvalue weighted by Gasteiger charge is -2.19. The van der Waals surface area contributed by atoms with Crippen LogP contribution in [-0.4, -0.2) is 5.11 Å². The molecule has 0 fully saturated rings. The third kappa shape index (κ3) is 10.3. The molecule has 186 valence electrons. The first-order chi connectivity index (χ1) is 15.4. The van der Waals surface area contributed by atoms with Crippen LogP contribution in [0.2, 0.25) is 5.02 Å². The lowest BCUT2D eigenvalue weighted by atomic mass is 9.86. The van der Waals surface area contributed by atoms with Crippen molar-refractivity contribution in [3.8, 4) is 5.75 Å². The Morgan fingerprint density at radius 3 is 1.38 bits per heavy atom. The van der Waals surface area contributed by atoms with Crippen LogP contribution in [0.15, 0.2) is 66.7 Å². The summed E-state index contributed by atoms with van der Waals surface area (Å²) in [6, 6.07) is 22.5. The molecule has 0 aliphatic carbocycles. The Morgan fingerprint density at radius 2 is 1.00 bits per heavy atom. The molecular weight excluding hydrogens is 436 g/mol. The summed E-state index contributed by atoms with van der Waals surface area (Å²) < 4.78 is 0. The fourth-order valence-electron chi connectivity index (χ4n) is 3.18. The molecule has 3 aromatic carbocycles. The Hall–Kier alpha value is -2.25. The van der Waals surface area contributed by atoms with Gasteiger partial charge in [-0.05, 0) is 70.5 Å². The van der Waals surface area contributed by atoms with Gasteiger partial charge in [-0.1, -0.05) is 128 Å². The average molecular weight is 481 g/mol. The van der Waals surface area contributed by atoms with Crippen molar-refractivity contribution in [1.29, 1.82) is 0 Å². The Balaban J connectivity index is 0.000000255. The van der Waals surface area contributed by atoms with Crippen LogP contribution in [0.5, 0.6) is 5.75 Å². The molecular formula is C32H45ClO. The van der Waals surface area contributed by atoms with Gasteiger partial charge in [-0.15, -0.1) is 0 Å². The van der Waals surface area contributed by atoms with Gasteiger partial charge in [-0.25, -0.2) is 0 Å². The van der Waals surface area contributed by atoms with Gasteiger partial charge in [-0.2, -0.15) is 0 Å². The quantitative estimate of drug-likeness (QED) is 0.339. The maximum absolute atomic E-state index is 9.31. The summed E-state index contributed by atoms with van der Waals surface area (Å²) in [4.78, 5) is 0. The molecule has 0 aromatic heterocycles. The van der Waals surface area contributed by atoms with Crippen molar-refractivity contribution < 1.29 is 5.11 Å². The molecule has 2 heteroatoms. The van der Waals surface area contributed by atoms with Crippen LogP contribution < -0.4 is 0 Å². The number of hydrogen-bond acceptors (Lipinski definition) is 1. The van der Waals surface area contributed by atoms with E-state index in [9.17, 15) is 5.11 Å². The van der Waals surface area contributed by atoms with Gasteiger partial charge in [0.15, 0.2) is 0 Å². The Morgan fingerprint density at radius 1 is 0.559 bits per heavy atom. The van der Waals surface area contributed by atoms with E-state index >= 15 is 0 Å². The molecule has 0 atom stereocenters. The van der Waals surface area contributed by atoms with Gasteiger partial charge in [0.05, 0.1) is 0 Å². The average Bonchev–Trinajstić information content (AvgIpc) is 2.69. The number of phenolic OH excluding ortho intramolecular Hbond substituents is 1. The maximum atomic E-state index is 9.31. The van der Waals surface area contributed by atoms with Gasteiger partial charge in [0.2, 0.25) is 0 Å². The van der Waals surface area contributed by atoms with E-state index in [1.54, 1.807) is 6.07 Å². The SMILES string of the molecule is CC(C)(C)c1ccc(Cl)cc1.Cc1cc(C(C)(C)C)ccc1O.Cc1cccc(C(C)(C)C)c1. The Bertz CT molecular complexity index is 1030. The lowest BCUT2D eigenvalue weighted by Crippen LogP contribution is -2.10. The Kier molecular flexibility index (Phi) is 10.5. The number of benzene rings is 3. The first-order valence-corrected chi connectivity index (χ1v) is 12.4. The van der Waals surface area contributed by atoms with Crippen molar-refractivity contribution >= 4 is 11.6 Å². The predicted octanol–water partition coefficient (Wildman–Crippen LogP) is 9.93. The molecule has 0 heterocycles. The van der Waals surface area contributed by atoms with Crippen molar-refractivity contribution in [2.24, 2.45) is 0 Å². The minimum atomic E-state index is 0.165. The molecule has 0 bridgehead atoms. The van der Waals surface area contributed by atoms with Crippen molar-refractivity contribution in [2.45, 2.75) is 92.4 Å². The zero-order chi connectivity index (χ0) is 26.3. The molecule has 0 radical (unpaired) electrons. The molecule has 34 heavy (non-hydrogen) atoms. The van der Waals surface area contributed by atoms with Gasteiger partial charge in [0, 0.05) is 5.02 Å². The Labute approximate surface area is 214 Å². The summed E-state index contributed by atoms with van der Waals surface area (Å²) >= 11 is 5.76. The molecule has 3 aromatic rings. The van der Waals surface area contributed by atoms with Gasteiger partial charge < -0.3 is 5.11 Å². The van der Waals surface area contributed by atoms with Crippen LogP contribution in [0.1, 0.15) is 90.1 Å². The highest BCUT2D eigenvalue weighted by Crippen LogP contribution is 2.26. The topological polar surface area (TPSA) is 20.2 Å². The summed E-state index contributed by atoms with van der Waals surface area (Å²) in [6.45, 7) is 23.8. The van der Waals surface area contributed by atoms with Crippen LogP contribution in [0.25, 0.3) is 0 Å². The highest BCUT2D eigenvalue weighted by Gasteiger charge is 2.14. The molecule has 1 nitrogen and oxygen atoms in total. The molecule has 0 saturated carbocycles. The highest BCUT2D eigenvalue weighted by molar-refractivity contribution is 6.30. The second-order valence-corrected chi connectivity index (χ2v) is 12.6. The van der Waals surface area contributed by atoms with E-state index in [0.29, 0.717) is 5.75 Å². The third-order valence-corrected chi connectivity index (χ3v) is 5.91. The molecule has 0 saturated heterocycles. The molecule has 3 rings (SSSR count). The number of rotatable bonds is 0. The maximum Gasteiger partial charge on any atom is 0.118 e. The standard InChI is InChI=1S/C11H16O.C11H16.C10H13Cl/c1-8-7-9(11(2,3)4)5-6-10(8)12;1-9-6-5-7-10(8-9)11(2,3)4;1-10(2,3)8-4-6-9(11)7-5-8/h5-7,12H,1-4H3;5-8H,1-4H3;4-7H,1-3H3. The second kappa shape index (κ2) is 11.9. The minimum absolute atomic E-state index is 0.165. The van der Waals surface area contributed by atoms with E-state index in [0.717, 1.165) is 10.6 Å². The number of aryl methyl sites for hydroxylation is 2. The fourth-order valence-corrected chi connectivity index (χ4v) is 3.31. The molecule has 0 unspecified atom stereocenters. The van der Waals surface area contributed by atoms with Crippen molar-refractivity contribution in [2.75, 3.05) is 0 Å². The monoisotopic (exact) mass is 480 g/mol. The summed E-state index contributed by atoms with van der Waals surface area (Å²) in [5, 5.41) is 10.1. The van der Waals surface area contributed by atoms with Crippen LogP contribution in [0, 0.1) is 13.8 Å². The minimum Gasteiger partial charge on any atom is -0.508 e. The number of hydrogen-bond donors (Lipinski definition) is 1. The van der Waals surface area contributed by atoms with Crippen LogP contribution >= 0.6 is 11.6 Å². The van der Waals surface area contributed by atoms with Crippen molar-refractivity contribution in [1.82, 2.24) is 0 Å². The fraction of sp³-hybridized carbons (Fsp3) is 0.438. The number of phenols is 1. The summed E-state index contributed by atoms with van der Waals surface area (Å²) in [6.07, 6.45) is 0. The molecule has 0 aliphatic rings. The van der Waals surface area contributed by atoms with E-state index in [-0.39, 0.29) is 16.2 Å². The van der Waals surface area contributed by atoms with E-state index in [1.165, 1.54) is 22.3 Å². The summed E-state index contributed by atoms with van der Waals surface area (Å²) in [7, 11) is 0. The zero-order valence-electron chi connectivity index (χ0n) is 23.2. The molecule has 1 N–H and O–H groups in total. The van der Waals surface area contributed by atoms with Gasteiger partial charge in [-0.3, -0.25) is 0 Å². The molecule has 0 aliphatic heterocycles. The normalized spacial score (nSPS) is 11.6. The third-order valence-electron chi connectivity index (χ3n) is 5.66. The largest absolute Gasteiger partial charge is 0.508 e. The first-order valence-electron chi connectivity index (χ1n) is 12.0. The number of aromatic hydroxyl groups is 1. The second-order valence-electron chi connectivity index (χ2n) is 12.1. The van der Waals surface area contributed by atoms with E-state index in [1.807, 2.05) is 31.2 Å². The van der Waals surface area contributed by atoms with Crippen molar-refractivity contribution in [3.05, 3.63) is 99.6 Å². The highest BCUT2D eigenvalue weighted by atomic mass is 35.5. The lowest BCUT2D eigenvalue weighted by molar-refractivity contribution is 0.469. The van der Waals surface area contributed by atoms with Crippen LogP contribution in [0.3, 0.4) is 0 Å². The number of halogens is 1. The predicted molar refractivity (Wildman–Crippen MR) is 152 cm³/mol. The molecule has 0 amide bonds. The van der Waals surface area contributed by atoms with Crippen LogP contribution in [0.4, 0.5) is 0 Å². The van der Waals surface area contributed by atoms with Gasteiger partial charge in [0.1, 0.15) is 5.75 Å². The summed E-state index contributed by atoms with van der Waals surface area (Å²) in [5.41, 5.74) is 6.96. The van der Waals surface area contributed by atoms with Crippen LogP contribution in [-0.2, 0) is 16.2 Å². The van der Waals surface area contributed by atoms with Crippen molar-refractivity contribution in [3.63, 3.8) is 0 Å². The van der Waals surface area contributed by atoms with E-state index < -0.39 is 0 Å².